The molecule has 4 aromatic heterocycles. The van der Waals surface area contributed by atoms with E-state index in [0.29, 0.717) is 0 Å². The molecule has 0 N–H and O–H groups in total. The van der Waals surface area contributed by atoms with Gasteiger partial charge in [0.05, 0.1) is 7.11 Å². The number of pyridine rings is 4. The summed E-state index contributed by atoms with van der Waals surface area (Å²) in [6, 6.07) is 26.6. The monoisotopic (exact) mass is 1490 g/mol. The third-order valence-electron chi connectivity index (χ3n) is 14.9. The first-order valence-corrected chi connectivity index (χ1v) is 29.5. The molecule has 1 unspecified atom stereocenters. The van der Waals surface area contributed by atoms with Gasteiger partial charge in [-0.25, -0.2) is 18.3 Å². The van der Waals surface area contributed by atoms with Crippen LogP contribution in [-0.2, 0) is 61.3 Å². The van der Waals surface area contributed by atoms with Gasteiger partial charge in [0.25, 0.3) is 0 Å². The highest BCUT2D eigenvalue weighted by molar-refractivity contribution is 5.26. The summed E-state index contributed by atoms with van der Waals surface area (Å²) in [4.78, 5) is 0. The molecule has 1 aliphatic heterocycles. The largest absolute Gasteiger partial charge is 1.00 e. The maximum absolute atomic E-state index is 5.88. The molecule has 0 saturated carbocycles. The van der Waals surface area contributed by atoms with E-state index in [1.165, 1.54) is 214 Å². The summed E-state index contributed by atoms with van der Waals surface area (Å²) in [5, 5.41) is 0. The molecule has 5 heterocycles. The van der Waals surface area contributed by atoms with E-state index in [4.69, 9.17) is 14.2 Å². The molecule has 6 rings (SSSR count). The molecule has 0 radical (unpaired) electrons. The normalized spacial score (nSPS) is 13.0. The van der Waals surface area contributed by atoms with Gasteiger partial charge >= 0.3 is 0 Å². The SMILES string of the molecule is COc1ccc(C[n+]2cccc(CCCCCCCCc3ccc[n+](CCCCCCCC[n+]4cccc(CCCCCCCC[n+]5cccc(CCCCCCCCOC6CCCCO6)c5)c4)c3)c2)cc1.[I-].[I-].[I-].[I-]. The summed E-state index contributed by atoms with van der Waals surface area (Å²) in [6.07, 6.45) is 58.4. The molecular weight excluding hydrogens is 1390 g/mol. The number of hydrogen-bond acceptors (Lipinski definition) is 3. The molecule has 7 nitrogen and oxygen atoms in total. The Kier molecular flexibility index (Phi) is 42.8. The van der Waals surface area contributed by atoms with Crippen LogP contribution in [-0.4, -0.2) is 26.6 Å². The summed E-state index contributed by atoms with van der Waals surface area (Å²) in [5.74, 6) is 0.910. The highest BCUT2D eigenvalue weighted by Crippen LogP contribution is 2.17. The zero-order valence-electron chi connectivity index (χ0n) is 46.8. The Morgan fingerprint density at radius 2 is 0.750 bits per heavy atom. The molecule has 0 aliphatic carbocycles. The average Bonchev–Trinajstić information content (AvgIpc) is 3.41. The van der Waals surface area contributed by atoms with Gasteiger partial charge in [-0.05, 0) is 145 Å². The first kappa shape index (κ1) is 70.6. The number of aryl methyl sites for hydroxylation is 7. The molecule has 11 heteroatoms. The third-order valence-corrected chi connectivity index (χ3v) is 14.9. The average molecular weight is 1490 g/mol. The molecule has 1 aliphatic rings. The predicted molar refractivity (Wildman–Crippen MR) is 294 cm³/mol. The van der Waals surface area contributed by atoms with E-state index in [1.54, 1.807) is 7.11 Å². The van der Waals surface area contributed by atoms with Gasteiger partial charge < -0.3 is 110 Å². The highest BCUT2D eigenvalue weighted by atomic mass is 127. The number of benzene rings is 1. The number of nitrogens with zero attached hydrogens (tertiary/aromatic N) is 4. The van der Waals surface area contributed by atoms with Crippen molar-refractivity contribution in [1.82, 2.24) is 0 Å². The van der Waals surface area contributed by atoms with Crippen molar-refractivity contribution in [3.8, 4) is 5.75 Å². The quantitative estimate of drug-likeness (QED) is 0.0344. The second-order valence-electron chi connectivity index (χ2n) is 21.2. The Morgan fingerprint density at radius 1 is 0.395 bits per heavy atom. The molecule has 5 aromatic rings. The zero-order valence-corrected chi connectivity index (χ0v) is 55.4. The van der Waals surface area contributed by atoms with Gasteiger partial charge in [-0.3, -0.25) is 0 Å². The molecule has 1 saturated heterocycles. The lowest BCUT2D eigenvalue weighted by atomic mass is 10.0. The minimum atomic E-state index is 0. The standard InChI is InChI=1S/C65H98N4O3.4HI/c1-70-64-43-41-63(42-44-64)58-69-51-31-39-62(57-69)35-21-11-3-2-10-18-32-59-36-28-49-67(54-59)46-24-15-7-8-16-25-47-68-50-29-37-60(55-68)33-19-12-4-6-14-23-45-66-48-30-38-61(56-66)34-20-13-5-9-17-26-52-71-65-40-22-27-53-72-65;;;;/h28-31,36-39,41-44,48-51,54-57,65H,2-27,32-35,40,45-47,52-53,58H2,1H3;4*1H/q+4;;;;/p-4. The summed E-state index contributed by atoms with van der Waals surface area (Å²) < 4.78 is 26.4. The second kappa shape index (κ2) is 46.1. The van der Waals surface area contributed by atoms with E-state index < -0.39 is 0 Å². The zero-order chi connectivity index (χ0) is 49.8. The molecule has 0 bridgehead atoms. The van der Waals surface area contributed by atoms with Crippen LogP contribution >= 0.6 is 0 Å². The number of rotatable bonds is 40. The Balaban J connectivity index is 0.00000494. The summed E-state index contributed by atoms with van der Waals surface area (Å²) in [6.45, 7) is 6.06. The van der Waals surface area contributed by atoms with Gasteiger partial charge in [0.2, 0.25) is 0 Å². The number of halogens is 4. The van der Waals surface area contributed by atoms with E-state index in [2.05, 4.69) is 129 Å². The van der Waals surface area contributed by atoms with Crippen molar-refractivity contribution in [2.45, 2.75) is 232 Å². The minimum absolute atomic E-state index is 0. The van der Waals surface area contributed by atoms with Crippen LogP contribution in [0.5, 0.6) is 5.75 Å². The van der Waals surface area contributed by atoms with E-state index >= 15 is 0 Å². The van der Waals surface area contributed by atoms with Gasteiger partial charge in [-0.2, -0.15) is 0 Å². The smallest absolute Gasteiger partial charge is 0.173 e. The summed E-state index contributed by atoms with van der Waals surface area (Å²) in [5.41, 5.74) is 7.22. The molecular formula is C65H98I4N4O3. The van der Waals surface area contributed by atoms with Crippen LogP contribution in [0.15, 0.2) is 122 Å². The molecule has 1 aromatic carbocycles. The van der Waals surface area contributed by atoms with Crippen molar-refractivity contribution in [2.75, 3.05) is 20.3 Å². The van der Waals surface area contributed by atoms with Crippen LogP contribution < -0.4 is 119 Å². The Hall–Kier alpha value is -1.54. The highest BCUT2D eigenvalue weighted by Gasteiger charge is 2.14. The van der Waals surface area contributed by atoms with Crippen LogP contribution in [0.3, 0.4) is 0 Å². The van der Waals surface area contributed by atoms with Crippen molar-refractivity contribution < 1.29 is 128 Å². The Labute approximate surface area is 531 Å². The number of ether oxygens (including phenoxy) is 3. The van der Waals surface area contributed by atoms with Crippen molar-refractivity contribution >= 4 is 0 Å². The summed E-state index contributed by atoms with van der Waals surface area (Å²) in [7, 11) is 1.72. The lowest BCUT2D eigenvalue weighted by Gasteiger charge is -2.22. The van der Waals surface area contributed by atoms with Crippen LogP contribution in [0.4, 0.5) is 0 Å². The molecule has 0 amide bonds. The predicted octanol–water partition coefficient (Wildman–Crippen LogP) is 2.09. The Morgan fingerprint density at radius 3 is 1.13 bits per heavy atom. The fraction of sp³-hybridized carbons (Fsp3) is 0.600. The summed E-state index contributed by atoms with van der Waals surface area (Å²) >= 11 is 0. The lowest BCUT2D eigenvalue weighted by Crippen LogP contribution is -3.00. The maximum Gasteiger partial charge on any atom is 0.173 e. The minimum Gasteiger partial charge on any atom is -1.00 e. The first-order chi connectivity index (χ1) is 35.7. The van der Waals surface area contributed by atoms with E-state index in [1.807, 2.05) is 12.1 Å². The third kappa shape index (κ3) is 32.0. The fourth-order valence-corrected chi connectivity index (χ4v) is 10.5. The number of hydrogen-bond donors (Lipinski definition) is 0. The number of unbranched alkanes of at least 4 members (excludes halogenated alkanes) is 20. The first-order valence-electron chi connectivity index (χ1n) is 29.5. The van der Waals surface area contributed by atoms with E-state index in [9.17, 15) is 0 Å². The molecule has 1 fully saturated rings. The fourth-order valence-electron chi connectivity index (χ4n) is 10.5. The van der Waals surface area contributed by atoms with Gasteiger partial charge in [0.1, 0.15) is 25.4 Å². The van der Waals surface area contributed by atoms with Crippen LogP contribution in [0.25, 0.3) is 0 Å². The van der Waals surface area contributed by atoms with Gasteiger partial charge in [-0.15, -0.1) is 0 Å². The molecule has 424 valence electrons. The van der Waals surface area contributed by atoms with Crippen molar-refractivity contribution in [1.29, 1.82) is 0 Å². The van der Waals surface area contributed by atoms with E-state index in [0.717, 1.165) is 58.0 Å². The number of methoxy groups -OCH3 is 1. The molecule has 1 atom stereocenters. The molecule has 76 heavy (non-hydrogen) atoms. The van der Waals surface area contributed by atoms with Gasteiger partial charge in [0, 0.05) is 84.6 Å². The van der Waals surface area contributed by atoms with Gasteiger partial charge in [-0.1, -0.05) is 83.5 Å². The van der Waals surface area contributed by atoms with Crippen LogP contribution in [0.2, 0.25) is 0 Å². The van der Waals surface area contributed by atoms with Crippen molar-refractivity contribution in [2.24, 2.45) is 0 Å². The van der Waals surface area contributed by atoms with Crippen molar-refractivity contribution in [3.05, 3.63) is 150 Å². The number of aromatic nitrogens is 4. The second-order valence-corrected chi connectivity index (χ2v) is 21.2. The molecule has 0 spiro atoms. The van der Waals surface area contributed by atoms with E-state index in [-0.39, 0.29) is 102 Å². The topological polar surface area (TPSA) is 43.2 Å². The maximum atomic E-state index is 5.88. The lowest BCUT2D eigenvalue weighted by molar-refractivity contribution is -0.698. The van der Waals surface area contributed by atoms with Crippen molar-refractivity contribution in [3.63, 3.8) is 0 Å². The van der Waals surface area contributed by atoms with Gasteiger partial charge in [0.15, 0.2) is 62.4 Å². The van der Waals surface area contributed by atoms with Crippen LogP contribution in [0.1, 0.15) is 201 Å². The van der Waals surface area contributed by atoms with Crippen LogP contribution in [0, 0.1) is 0 Å². The Bertz CT molecular complexity index is 2160.